The molecule has 18 heavy (non-hydrogen) atoms. The number of hydrogen-bond donors (Lipinski definition) is 1. The second-order valence-corrected chi connectivity index (χ2v) is 4.32. The highest BCUT2D eigenvalue weighted by atomic mass is 35.5. The first kappa shape index (κ1) is 12.8. The van der Waals surface area contributed by atoms with Gasteiger partial charge in [-0.3, -0.25) is 0 Å². The second kappa shape index (κ2) is 5.33. The van der Waals surface area contributed by atoms with Gasteiger partial charge in [0.25, 0.3) is 0 Å². The number of nitrogens with zero attached hydrogens (tertiary/aromatic N) is 2. The van der Waals surface area contributed by atoms with Crippen molar-refractivity contribution < 1.29 is 9.84 Å². The van der Waals surface area contributed by atoms with E-state index in [1.165, 1.54) is 7.11 Å². The molecule has 0 bridgehead atoms. The van der Waals surface area contributed by atoms with Gasteiger partial charge in [-0.15, -0.1) is 0 Å². The SMILES string of the molecule is COc1cc(C(O)c2ncc(C)cn2)ccc1Cl. The maximum atomic E-state index is 10.2. The molecule has 1 aromatic heterocycles. The Morgan fingerprint density at radius 2 is 1.94 bits per heavy atom. The quantitative estimate of drug-likeness (QED) is 0.926. The predicted molar refractivity (Wildman–Crippen MR) is 68.8 cm³/mol. The standard InChI is InChI=1S/C13H13ClN2O2/c1-8-6-15-13(16-7-8)12(17)9-3-4-10(14)11(5-9)18-2/h3-7,12,17H,1-2H3. The fourth-order valence-electron chi connectivity index (χ4n) is 1.54. The van der Waals surface area contributed by atoms with Crippen LogP contribution in [-0.4, -0.2) is 22.2 Å². The van der Waals surface area contributed by atoms with E-state index in [1.807, 2.05) is 6.92 Å². The fraction of sp³-hybridized carbons (Fsp3) is 0.231. The third-order valence-electron chi connectivity index (χ3n) is 2.54. The Balaban J connectivity index is 2.33. The fourth-order valence-corrected chi connectivity index (χ4v) is 1.73. The van der Waals surface area contributed by atoms with Crippen LogP contribution in [0.2, 0.25) is 5.02 Å². The summed E-state index contributed by atoms with van der Waals surface area (Å²) < 4.78 is 5.11. The maximum Gasteiger partial charge on any atom is 0.161 e. The summed E-state index contributed by atoms with van der Waals surface area (Å²) in [6.07, 6.45) is 2.44. The van der Waals surface area contributed by atoms with Gasteiger partial charge in [0.1, 0.15) is 11.9 Å². The lowest BCUT2D eigenvalue weighted by atomic mass is 10.1. The summed E-state index contributed by atoms with van der Waals surface area (Å²) >= 11 is 5.93. The lowest BCUT2D eigenvalue weighted by molar-refractivity contribution is 0.209. The zero-order chi connectivity index (χ0) is 13.1. The molecule has 1 heterocycles. The van der Waals surface area contributed by atoms with Gasteiger partial charge in [-0.1, -0.05) is 17.7 Å². The van der Waals surface area contributed by atoms with Crippen molar-refractivity contribution in [2.24, 2.45) is 0 Å². The molecule has 5 heteroatoms. The second-order valence-electron chi connectivity index (χ2n) is 3.92. The third-order valence-corrected chi connectivity index (χ3v) is 2.85. The molecule has 1 N–H and O–H groups in total. The molecule has 0 fully saturated rings. The first-order chi connectivity index (χ1) is 8.61. The van der Waals surface area contributed by atoms with Crippen LogP contribution in [0.25, 0.3) is 0 Å². The van der Waals surface area contributed by atoms with E-state index in [-0.39, 0.29) is 0 Å². The minimum absolute atomic E-state index is 0.352. The monoisotopic (exact) mass is 264 g/mol. The van der Waals surface area contributed by atoms with E-state index in [0.717, 1.165) is 5.56 Å². The molecule has 0 aliphatic carbocycles. The number of aliphatic hydroxyl groups excluding tert-OH is 1. The number of halogens is 1. The molecular weight excluding hydrogens is 252 g/mol. The summed E-state index contributed by atoms with van der Waals surface area (Å²) in [6.45, 7) is 1.89. The highest BCUT2D eigenvalue weighted by Crippen LogP contribution is 2.29. The van der Waals surface area contributed by atoms with E-state index in [2.05, 4.69) is 9.97 Å². The van der Waals surface area contributed by atoms with Gasteiger partial charge >= 0.3 is 0 Å². The van der Waals surface area contributed by atoms with Crippen LogP contribution in [-0.2, 0) is 0 Å². The number of methoxy groups -OCH3 is 1. The lowest BCUT2D eigenvalue weighted by Gasteiger charge is -2.11. The van der Waals surface area contributed by atoms with Crippen molar-refractivity contribution in [3.63, 3.8) is 0 Å². The van der Waals surface area contributed by atoms with Crippen molar-refractivity contribution in [1.29, 1.82) is 0 Å². The van der Waals surface area contributed by atoms with Crippen molar-refractivity contribution in [1.82, 2.24) is 9.97 Å². The normalized spacial score (nSPS) is 12.2. The van der Waals surface area contributed by atoms with Gasteiger partial charge in [0.2, 0.25) is 0 Å². The van der Waals surface area contributed by atoms with Gasteiger partial charge in [-0.2, -0.15) is 0 Å². The van der Waals surface area contributed by atoms with Crippen molar-refractivity contribution >= 4 is 11.6 Å². The van der Waals surface area contributed by atoms with E-state index in [0.29, 0.717) is 22.2 Å². The molecule has 0 aliphatic rings. The van der Waals surface area contributed by atoms with Crippen LogP contribution in [0.4, 0.5) is 0 Å². The average molecular weight is 265 g/mol. The maximum absolute atomic E-state index is 10.2. The van der Waals surface area contributed by atoms with Crippen molar-refractivity contribution in [3.8, 4) is 5.75 Å². The number of aryl methyl sites for hydroxylation is 1. The van der Waals surface area contributed by atoms with Crippen LogP contribution in [0.15, 0.2) is 30.6 Å². The zero-order valence-electron chi connectivity index (χ0n) is 10.1. The first-order valence-corrected chi connectivity index (χ1v) is 5.79. The van der Waals surface area contributed by atoms with Crippen molar-refractivity contribution in [2.75, 3.05) is 7.11 Å². The Morgan fingerprint density at radius 3 is 2.56 bits per heavy atom. The summed E-state index contributed by atoms with van der Waals surface area (Å²) in [4.78, 5) is 8.20. The van der Waals surface area contributed by atoms with E-state index in [9.17, 15) is 5.11 Å². The molecule has 0 radical (unpaired) electrons. The molecule has 4 nitrogen and oxygen atoms in total. The molecule has 2 aromatic rings. The van der Waals surface area contributed by atoms with E-state index in [4.69, 9.17) is 16.3 Å². The highest BCUT2D eigenvalue weighted by molar-refractivity contribution is 6.32. The smallest absolute Gasteiger partial charge is 0.161 e. The lowest BCUT2D eigenvalue weighted by Crippen LogP contribution is -2.05. The summed E-state index contributed by atoms with van der Waals surface area (Å²) in [5.74, 6) is 0.866. The molecule has 1 unspecified atom stereocenters. The molecule has 0 amide bonds. The van der Waals surface area contributed by atoms with Gasteiger partial charge in [0, 0.05) is 12.4 Å². The Morgan fingerprint density at radius 1 is 1.28 bits per heavy atom. The van der Waals surface area contributed by atoms with Crippen LogP contribution < -0.4 is 4.74 Å². The van der Waals surface area contributed by atoms with Crippen LogP contribution in [0.5, 0.6) is 5.75 Å². The highest BCUT2D eigenvalue weighted by Gasteiger charge is 2.15. The Labute approximate surface area is 110 Å². The molecule has 2 rings (SSSR count). The number of rotatable bonds is 3. The van der Waals surface area contributed by atoms with Gasteiger partial charge in [-0.25, -0.2) is 9.97 Å². The summed E-state index contributed by atoms with van der Waals surface area (Å²) in [7, 11) is 1.53. The first-order valence-electron chi connectivity index (χ1n) is 5.42. The predicted octanol–water partition coefficient (Wildman–Crippen LogP) is 2.53. The minimum Gasteiger partial charge on any atom is -0.495 e. The molecule has 94 valence electrons. The van der Waals surface area contributed by atoms with Gasteiger partial charge < -0.3 is 9.84 Å². The molecule has 0 saturated heterocycles. The molecule has 0 aliphatic heterocycles. The van der Waals surface area contributed by atoms with Gasteiger partial charge in [-0.05, 0) is 30.2 Å². The summed E-state index contributed by atoms with van der Waals surface area (Å²) in [6, 6.07) is 5.07. The van der Waals surface area contributed by atoms with Gasteiger partial charge in [0.05, 0.1) is 12.1 Å². The van der Waals surface area contributed by atoms with E-state index >= 15 is 0 Å². The number of aliphatic hydroxyl groups is 1. The number of ether oxygens (including phenoxy) is 1. The third kappa shape index (κ3) is 2.60. The van der Waals surface area contributed by atoms with Crippen molar-refractivity contribution in [3.05, 3.63) is 52.6 Å². The molecule has 1 aromatic carbocycles. The van der Waals surface area contributed by atoms with Crippen LogP contribution in [0.1, 0.15) is 23.1 Å². The van der Waals surface area contributed by atoms with Crippen LogP contribution in [0, 0.1) is 6.92 Å². The largest absolute Gasteiger partial charge is 0.495 e. The minimum atomic E-state index is -0.892. The summed E-state index contributed by atoms with van der Waals surface area (Å²) in [5.41, 5.74) is 1.58. The zero-order valence-corrected chi connectivity index (χ0v) is 10.8. The average Bonchev–Trinajstić information content (AvgIpc) is 2.39. The number of aromatic nitrogens is 2. The van der Waals surface area contributed by atoms with Crippen LogP contribution >= 0.6 is 11.6 Å². The van der Waals surface area contributed by atoms with E-state index < -0.39 is 6.10 Å². The number of benzene rings is 1. The van der Waals surface area contributed by atoms with E-state index in [1.54, 1.807) is 30.6 Å². The molecule has 1 atom stereocenters. The Bertz CT molecular complexity index is 543. The summed E-state index contributed by atoms with van der Waals surface area (Å²) in [5, 5.41) is 10.7. The molecular formula is C13H13ClN2O2. The molecule has 0 saturated carbocycles. The van der Waals surface area contributed by atoms with Gasteiger partial charge in [0.15, 0.2) is 5.82 Å². The Hall–Kier alpha value is -1.65. The molecule has 0 spiro atoms. The Kier molecular flexibility index (Phi) is 3.79. The van der Waals surface area contributed by atoms with Crippen LogP contribution in [0.3, 0.4) is 0 Å². The number of hydrogen-bond acceptors (Lipinski definition) is 4. The topological polar surface area (TPSA) is 55.2 Å². The van der Waals surface area contributed by atoms with Crippen molar-refractivity contribution in [2.45, 2.75) is 13.0 Å².